The second kappa shape index (κ2) is 9.82. The van der Waals surface area contributed by atoms with Crippen molar-refractivity contribution in [3.05, 3.63) is 0 Å². The summed E-state index contributed by atoms with van der Waals surface area (Å²) in [5.41, 5.74) is 5.93. The molecule has 120 valence electrons. The first-order valence-electron chi connectivity index (χ1n) is 7.74. The average molecular weight is 396 g/mol. The van der Waals surface area contributed by atoms with Gasteiger partial charge in [-0.1, -0.05) is 19.8 Å². The molecular weight excluding hydrogens is 363 g/mol. The molecule has 0 aromatic heterocycles. The molecule has 0 bridgehead atoms. The molecule has 20 heavy (non-hydrogen) atoms. The summed E-state index contributed by atoms with van der Waals surface area (Å²) in [7, 11) is 0. The van der Waals surface area contributed by atoms with E-state index in [2.05, 4.69) is 42.9 Å². The molecule has 1 rings (SSSR count). The minimum absolute atomic E-state index is 0. The van der Waals surface area contributed by atoms with Gasteiger partial charge in [0.2, 0.25) is 0 Å². The van der Waals surface area contributed by atoms with Gasteiger partial charge < -0.3 is 11.1 Å². The first kappa shape index (κ1) is 20.0. The summed E-state index contributed by atoms with van der Waals surface area (Å²) < 4.78 is 0. The Hall–Kier alpha value is -0.0400. The Bertz CT molecular complexity index is 286. The van der Waals surface area contributed by atoms with Crippen LogP contribution >= 0.6 is 24.0 Å². The Balaban J connectivity index is 0.00000361. The summed E-state index contributed by atoms with van der Waals surface area (Å²) in [4.78, 5) is 7.13. The van der Waals surface area contributed by atoms with E-state index < -0.39 is 0 Å². The number of unbranched alkanes of at least 4 members (excludes halogenated alkanes) is 1. The third-order valence-corrected chi connectivity index (χ3v) is 3.52. The van der Waals surface area contributed by atoms with E-state index >= 15 is 0 Å². The standard InChI is InChI=1S/C15H32N4.HI/c1-5-6-10-19-11-8-7-9-13(19)12-17-14(16)18-15(2,3)4;/h13H,5-12H2,1-4H3,(H3,16,17,18);1H. The van der Waals surface area contributed by atoms with E-state index in [9.17, 15) is 0 Å². The van der Waals surface area contributed by atoms with Crippen molar-refractivity contribution in [2.45, 2.75) is 71.4 Å². The number of nitrogens with two attached hydrogens (primary N) is 1. The smallest absolute Gasteiger partial charge is 0.189 e. The Morgan fingerprint density at radius 2 is 2.05 bits per heavy atom. The van der Waals surface area contributed by atoms with Gasteiger partial charge in [-0.3, -0.25) is 9.89 Å². The van der Waals surface area contributed by atoms with Gasteiger partial charge in [0.1, 0.15) is 0 Å². The fourth-order valence-corrected chi connectivity index (χ4v) is 2.55. The number of likely N-dealkylation sites (tertiary alicyclic amines) is 1. The van der Waals surface area contributed by atoms with Crippen LogP contribution in [0.5, 0.6) is 0 Å². The van der Waals surface area contributed by atoms with Gasteiger partial charge in [-0.15, -0.1) is 24.0 Å². The quantitative estimate of drug-likeness (QED) is 0.427. The lowest BCUT2D eigenvalue weighted by atomic mass is 10.0. The van der Waals surface area contributed by atoms with Gasteiger partial charge in [-0.05, 0) is 53.1 Å². The maximum absolute atomic E-state index is 5.94. The van der Waals surface area contributed by atoms with Gasteiger partial charge >= 0.3 is 0 Å². The van der Waals surface area contributed by atoms with Crippen LogP contribution in [0.3, 0.4) is 0 Å². The summed E-state index contributed by atoms with van der Waals surface area (Å²) in [5.74, 6) is 0.577. The summed E-state index contributed by atoms with van der Waals surface area (Å²) in [6.45, 7) is 11.8. The van der Waals surface area contributed by atoms with E-state index in [1.807, 2.05) is 0 Å². The number of guanidine groups is 1. The van der Waals surface area contributed by atoms with Crippen molar-refractivity contribution in [1.82, 2.24) is 10.2 Å². The van der Waals surface area contributed by atoms with Crippen molar-refractivity contribution in [2.75, 3.05) is 19.6 Å². The van der Waals surface area contributed by atoms with Crippen molar-refractivity contribution >= 4 is 29.9 Å². The highest BCUT2D eigenvalue weighted by molar-refractivity contribution is 14.0. The zero-order chi connectivity index (χ0) is 14.3. The average Bonchev–Trinajstić information content (AvgIpc) is 2.32. The first-order valence-corrected chi connectivity index (χ1v) is 7.74. The van der Waals surface area contributed by atoms with E-state index in [0.29, 0.717) is 12.0 Å². The zero-order valence-electron chi connectivity index (χ0n) is 13.6. The van der Waals surface area contributed by atoms with Crippen LogP contribution < -0.4 is 11.1 Å². The van der Waals surface area contributed by atoms with Crippen molar-refractivity contribution in [3.63, 3.8) is 0 Å². The number of halogens is 1. The SMILES string of the molecule is CCCCN1CCCCC1CN=C(N)NC(C)(C)C.I. The summed E-state index contributed by atoms with van der Waals surface area (Å²) in [6.07, 6.45) is 6.47. The molecule has 0 spiro atoms. The van der Waals surface area contributed by atoms with Gasteiger partial charge in [0.05, 0.1) is 6.54 Å². The van der Waals surface area contributed by atoms with Crippen LogP contribution in [-0.4, -0.2) is 42.1 Å². The van der Waals surface area contributed by atoms with Crippen LogP contribution in [0.2, 0.25) is 0 Å². The predicted molar refractivity (Wildman–Crippen MR) is 98.9 cm³/mol. The van der Waals surface area contributed by atoms with Crippen molar-refractivity contribution in [2.24, 2.45) is 10.7 Å². The van der Waals surface area contributed by atoms with E-state index in [0.717, 1.165) is 6.54 Å². The molecule has 1 unspecified atom stereocenters. The van der Waals surface area contributed by atoms with Gasteiger partial charge in [0, 0.05) is 11.6 Å². The van der Waals surface area contributed by atoms with Crippen LogP contribution in [0.1, 0.15) is 59.8 Å². The molecule has 1 fully saturated rings. The lowest BCUT2D eigenvalue weighted by molar-refractivity contribution is 0.151. The molecule has 5 heteroatoms. The highest BCUT2D eigenvalue weighted by Gasteiger charge is 2.21. The molecule has 0 saturated carbocycles. The molecule has 1 aliphatic rings. The van der Waals surface area contributed by atoms with Crippen molar-refractivity contribution in [3.8, 4) is 0 Å². The lowest BCUT2D eigenvalue weighted by Gasteiger charge is -2.35. The Labute approximate surface area is 142 Å². The van der Waals surface area contributed by atoms with Crippen molar-refractivity contribution < 1.29 is 0 Å². The molecule has 0 aromatic carbocycles. The number of hydrogen-bond acceptors (Lipinski definition) is 2. The van der Waals surface area contributed by atoms with Crippen LogP contribution in [0.25, 0.3) is 0 Å². The van der Waals surface area contributed by atoms with E-state index in [4.69, 9.17) is 5.73 Å². The largest absolute Gasteiger partial charge is 0.370 e. The minimum atomic E-state index is -0.0119. The molecule has 0 radical (unpaired) electrons. The Morgan fingerprint density at radius 1 is 1.35 bits per heavy atom. The fourth-order valence-electron chi connectivity index (χ4n) is 2.55. The molecule has 1 saturated heterocycles. The Morgan fingerprint density at radius 3 is 2.65 bits per heavy atom. The predicted octanol–water partition coefficient (Wildman–Crippen LogP) is 2.96. The molecule has 1 aliphatic heterocycles. The van der Waals surface area contributed by atoms with E-state index in [1.165, 1.54) is 45.2 Å². The van der Waals surface area contributed by atoms with Gasteiger partial charge in [-0.2, -0.15) is 0 Å². The molecule has 1 heterocycles. The van der Waals surface area contributed by atoms with Gasteiger partial charge in [0.15, 0.2) is 5.96 Å². The Kier molecular flexibility index (Phi) is 9.80. The molecular formula is C15H33IN4. The van der Waals surface area contributed by atoms with Crippen LogP contribution in [0.4, 0.5) is 0 Å². The highest BCUT2D eigenvalue weighted by Crippen LogP contribution is 2.17. The summed E-state index contributed by atoms with van der Waals surface area (Å²) in [6, 6.07) is 0.584. The summed E-state index contributed by atoms with van der Waals surface area (Å²) in [5, 5.41) is 3.23. The zero-order valence-corrected chi connectivity index (χ0v) is 15.9. The third-order valence-electron chi connectivity index (χ3n) is 3.52. The maximum atomic E-state index is 5.94. The number of nitrogens with zero attached hydrogens (tertiary/aromatic N) is 2. The third kappa shape index (κ3) is 8.29. The number of aliphatic imine (C=N–C) groups is 1. The van der Waals surface area contributed by atoms with E-state index in [-0.39, 0.29) is 29.5 Å². The first-order chi connectivity index (χ1) is 8.92. The van der Waals surface area contributed by atoms with E-state index in [1.54, 1.807) is 0 Å². The monoisotopic (exact) mass is 396 g/mol. The molecule has 3 N–H and O–H groups in total. The number of nitrogens with one attached hydrogen (secondary N) is 1. The second-order valence-electron chi connectivity index (χ2n) is 6.64. The number of piperidine rings is 1. The highest BCUT2D eigenvalue weighted by atomic mass is 127. The molecule has 0 aromatic rings. The molecule has 4 nitrogen and oxygen atoms in total. The van der Waals surface area contributed by atoms with Crippen LogP contribution in [-0.2, 0) is 0 Å². The van der Waals surface area contributed by atoms with Crippen molar-refractivity contribution in [1.29, 1.82) is 0 Å². The fraction of sp³-hybridized carbons (Fsp3) is 0.933. The van der Waals surface area contributed by atoms with Crippen LogP contribution in [0, 0.1) is 0 Å². The van der Waals surface area contributed by atoms with Gasteiger partial charge in [0.25, 0.3) is 0 Å². The topological polar surface area (TPSA) is 53.6 Å². The molecule has 1 atom stereocenters. The molecule has 0 amide bonds. The minimum Gasteiger partial charge on any atom is -0.370 e. The normalized spacial score (nSPS) is 21.4. The second-order valence-corrected chi connectivity index (χ2v) is 6.64. The lowest BCUT2D eigenvalue weighted by Crippen LogP contribution is -2.46. The maximum Gasteiger partial charge on any atom is 0.189 e. The van der Waals surface area contributed by atoms with Crippen LogP contribution in [0.15, 0.2) is 4.99 Å². The number of hydrogen-bond donors (Lipinski definition) is 2. The molecule has 0 aliphatic carbocycles. The summed E-state index contributed by atoms with van der Waals surface area (Å²) >= 11 is 0. The number of rotatable bonds is 5. The van der Waals surface area contributed by atoms with Gasteiger partial charge in [-0.25, -0.2) is 0 Å².